The van der Waals surface area contributed by atoms with Gasteiger partial charge in [-0.15, -0.1) is 0 Å². The Kier molecular flexibility index (Phi) is 8.85. The average molecular weight is 508 g/mol. The number of para-hydroxylation sites is 1. The van der Waals surface area contributed by atoms with Gasteiger partial charge in [0.05, 0.1) is 18.0 Å². The van der Waals surface area contributed by atoms with Crippen molar-refractivity contribution < 1.29 is 19.1 Å². The number of amides is 3. The van der Waals surface area contributed by atoms with Crippen LogP contribution in [-0.4, -0.2) is 72.2 Å². The lowest BCUT2D eigenvalue weighted by molar-refractivity contribution is -0.125. The number of methoxy groups -OCH3 is 1. The van der Waals surface area contributed by atoms with E-state index in [1.807, 2.05) is 54.6 Å². The van der Waals surface area contributed by atoms with Crippen molar-refractivity contribution in [1.82, 2.24) is 15.5 Å². The smallest absolute Gasteiger partial charge is 0.259 e. The summed E-state index contributed by atoms with van der Waals surface area (Å²) >= 11 is 1.18. The average Bonchev–Trinajstić information content (AvgIpc) is 3.23. The number of benzene rings is 2. The molecule has 3 amide bonds. The Labute approximate surface area is 214 Å². The minimum Gasteiger partial charge on any atom is -0.383 e. The Morgan fingerprint density at radius 1 is 1.03 bits per heavy atom. The van der Waals surface area contributed by atoms with Crippen molar-refractivity contribution >= 4 is 46.2 Å². The van der Waals surface area contributed by atoms with Gasteiger partial charge in [0.2, 0.25) is 11.8 Å². The van der Waals surface area contributed by atoms with E-state index in [0.29, 0.717) is 42.8 Å². The van der Waals surface area contributed by atoms with E-state index < -0.39 is 6.04 Å². The zero-order chi connectivity index (χ0) is 25.3. The maximum Gasteiger partial charge on any atom is 0.259 e. The number of hydrogen-bond donors (Lipinski definition) is 2. The van der Waals surface area contributed by atoms with Crippen molar-refractivity contribution in [2.75, 3.05) is 32.6 Å². The molecule has 1 unspecified atom stereocenters. The molecular formula is C26H29N5O4S. The second-order valence-electron chi connectivity index (χ2n) is 8.31. The monoisotopic (exact) mass is 507 g/mol. The quantitative estimate of drug-likeness (QED) is 0.453. The van der Waals surface area contributed by atoms with Crippen LogP contribution in [0.15, 0.2) is 64.6 Å². The predicted octanol–water partition coefficient (Wildman–Crippen LogP) is 2.28. The lowest BCUT2D eigenvalue weighted by Gasteiger charge is -2.25. The topological polar surface area (TPSA) is 112 Å². The minimum atomic E-state index is -0.674. The van der Waals surface area contributed by atoms with Gasteiger partial charge in [0.1, 0.15) is 11.9 Å². The fourth-order valence-corrected chi connectivity index (χ4v) is 4.74. The molecule has 1 atom stereocenters. The van der Waals surface area contributed by atoms with Gasteiger partial charge in [-0.1, -0.05) is 54.2 Å². The molecule has 2 aliphatic heterocycles. The van der Waals surface area contributed by atoms with Crippen LogP contribution in [0.1, 0.15) is 24.0 Å². The van der Waals surface area contributed by atoms with Crippen LogP contribution in [0.3, 0.4) is 0 Å². The van der Waals surface area contributed by atoms with Crippen LogP contribution in [0.25, 0.3) is 0 Å². The number of nitrogens with zero attached hydrogens (tertiary/aromatic N) is 3. The third kappa shape index (κ3) is 6.38. The van der Waals surface area contributed by atoms with Gasteiger partial charge in [-0.25, -0.2) is 9.89 Å². The summed E-state index contributed by atoms with van der Waals surface area (Å²) in [5.74, 6) is 0.105. The first-order valence-corrected chi connectivity index (χ1v) is 12.8. The molecule has 0 saturated heterocycles. The number of fused-ring (bicyclic) bond motifs is 3. The Bertz CT molecular complexity index is 1170. The van der Waals surface area contributed by atoms with Crippen molar-refractivity contribution in [3.05, 3.63) is 65.7 Å². The molecule has 0 aliphatic carbocycles. The van der Waals surface area contributed by atoms with E-state index in [-0.39, 0.29) is 29.9 Å². The summed E-state index contributed by atoms with van der Waals surface area (Å²) in [5, 5.41) is 6.09. The molecule has 2 aromatic rings. The van der Waals surface area contributed by atoms with Crippen LogP contribution in [0.5, 0.6) is 0 Å². The summed E-state index contributed by atoms with van der Waals surface area (Å²) in [7, 11) is 1.57. The zero-order valence-electron chi connectivity index (χ0n) is 20.1. The largest absolute Gasteiger partial charge is 0.383 e. The number of carbonyl (C=O) groups excluding carboxylic acids is 3. The van der Waals surface area contributed by atoms with Crippen molar-refractivity contribution in [1.29, 1.82) is 0 Å². The van der Waals surface area contributed by atoms with E-state index in [0.717, 1.165) is 17.5 Å². The van der Waals surface area contributed by atoms with Crippen LogP contribution in [0, 0.1) is 0 Å². The highest BCUT2D eigenvalue weighted by Gasteiger charge is 2.41. The fourth-order valence-electron chi connectivity index (χ4n) is 3.91. The predicted molar refractivity (Wildman–Crippen MR) is 140 cm³/mol. The molecule has 2 N–H and O–H groups in total. The van der Waals surface area contributed by atoms with Crippen LogP contribution in [0.2, 0.25) is 0 Å². The summed E-state index contributed by atoms with van der Waals surface area (Å²) in [6.07, 6.45) is 1.24. The van der Waals surface area contributed by atoms with Crippen LogP contribution >= 0.6 is 11.8 Å². The second kappa shape index (κ2) is 12.5. The van der Waals surface area contributed by atoms with Gasteiger partial charge in [-0.2, -0.15) is 0 Å². The number of thioether (sulfide) groups is 1. The highest BCUT2D eigenvalue weighted by molar-refractivity contribution is 8.14. The van der Waals surface area contributed by atoms with Gasteiger partial charge in [0, 0.05) is 32.2 Å². The summed E-state index contributed by atoms with van der Waals surface area (Å²) in [5.41, 5.74) is 2.61. The van der Waals surface area contributed by atoms with E-state index in [2.05, 4.69) is 20.6 Å². The molecule has 0 radical (unpaired) electrons. The SMILES string of the molecule is COCCNC(=O)CSC1=Nc2ccccc2C2=NC(CCC(=O)NCCc3ccccc3)C(=O)N12. The molecule has 2 aromatic carbocycles. The molecule has 2 heterocycles. The maximum absolute atomic E-state index is 13.3. The third-order valence-electron chi connectivity index (χ3n) is 5.73. The van der Waals surface area contributed by atoms with Crippen molar-refractivity contribution in [2.24, 2.45) is 9.98 Å². The molecule has 10 heteroatoms. The van der Waals surface area contributed by atoms with Crippen LogP contribution in [0.4, 0.5) is 5.69 Å². The van der Waals surface area contributed by atoms with Crippen LogP contribution in [-0.2, 0) is 25.5 Å². The normalized spacial score (nSPS) is 16.1. The zero-order valence-corrected chi connectivity index (χ0v) is 20.9. The second-order valence-corrected chi connectivity index (χ2v) is 9.25. The van der Waals surface area contributed by atoms with Crippen molar-refractivity contribution in [2.45, 2.75) is 25.3 Å². The number of nitrogens with one attached hydrogen (secondary N) is 2. The first-order chi connectivity index (χ1) is 17.6. The number of amidine groups is 2. The van der Waals surface area contributed by atoms with E-state index in [1.54, 1.807) is 7.11 Å². The minimum absolute atomic E-state index is 0.107. The van der Waals surface area contributed by atoms with Crippen molar-refractivity contribution in [3.63, 3.8) is 0 Å². The fraction of sp³-hybridized carbons (Fsp3) is 0.346. The molecular weight excluding hydrogens is 478 g/mol. The van der Waals surface area contributed by atoms with E-state index in [4.69, 9.17) is 4.74 Å². The maximum atomic E-state index is 13.3. The summed E-state index contributed by atoms with van der Waals surface area (Å²) in [6, 6.07) is 16.7. The lowest BCUT2D eigenvalue weighted by Crippen LogP contribution is -2.42. The van der Waals surface area contributed by atoms with Gasteiger partial charge in [-0.05, 0) is 30.5 Å². The molecule has 0 saturated carbocycles. The molecule has 9 nitrogen and oxygen atoms in total. The van der Waals surface area contributed by atoms with Crippen LogP contribution < -0.4 is 10.6 Å². The summed E-state index contributed by atoms with van der Waals surface area (Å²) in [6.45, 7) is 1.37. The van der Waals surface area contributed by atoms with E-state index in [9.17, 15) is 14.4 Å². The van der Waals surface area contributed by atoms with Gasteiger partial charge in [0.25, 0.3) is 5.91 Å². The van der Waals surface area contributed by atoms with Gasteiger partial charge >= 0.3 is 0 Å². The Morgan fingerprint density at radius 3 is 2.58 bits per heavy atom. The van der Waals surface area contributed by atoms with Gasteiger partial charge in [-0.3, -0.25) is 19.4 Å². The highest BCUT2D eigenvalue weighted by atomic mass is 32.2. The molecule has 36 heavy (non-hydrogen) atoms. The number of hydrogen-bond acceptors (Lipinski definition) is 7. The van der Waals surface area contributed by atoms with Gasteiger partial charge in [0.15, 0.2) is 5.17 Å². The Balaban J connectivity index is 1.36. The number of carbonyl (C=O) groups is 3. The lowest BCUT2D eigenvalue weighted by atomic mass is 10.1. The first kappa shape index (κ1) is 25.6. The number of ether oxygens (including phenoxy) is 1. The molecule has 188 valence electrons. The van der Waals surface area contributed by atoms with Gasteiger partial charge < -0.3 is 15.4 Å². The number of rotatable bonds is 11. The standard InChI is InChI=1S/C26H29N5O4S/c1-35-16-15-28-23(33)17-36-26-30-20-10-6-5-9-19(20)24-29-21(25(34)31(24)26)11-12-22(32)27-14-13-18-7-3-2-4-8-18/h2-10,21H,11-17H2,1H3,(H,27,32)(H,28,33). The Morgan fingerprint density at radius 2 is 1.78 bits per heavy atom. The van der Waals surface area contributed by atoms with Crippen molar-refractivity contribution in [3.8, 4) is 0 Å². The molecule has 0 bridgehead atoms. The first-order valence-electron chi connectivity index (χ1n) is 11.9. The molecule has 0 aromatic heterocycles. The van der Waals surface area contributed by atoms with E-state index >= 15 is 0 Å². The Hall–Kier alpha value is -3.50. The number of aliphatic imine (C=N–C) groups is 2. The molecule has 0 spiro atoms. The molecule has 2 aliphatic rings. The summed E-state index contributed by atoms with van der Waals surface area (Å²) in [4.78, 5) is 48.6. The van der Waals surface area contributed by atoms with E-state index in [1.165, 1.54) is 16.7 Å². The third-order valence-corrected chi connectivity index (χ3v) is 6.67. The molecule has 0 fully saturated rings. The highest BCUT2D eigenvalue weighted by Crippen LogP contribution is 2.34. The summed E-state index contributed by atoms with van der Waals surface area (Å²) < 4.78 is 4.95. The molecule has 4 rings (SSSR count).